The highest BCUT2D eigenvalue weighted by molar-refractivity contribution is 5.90. The Morgan fingerprint density at radius 1 is 1.43 bits per heavy atom. The molecular formula is C16H23N3O2. The molecule has 1 N–H and O–H groups in total. The van der Waals surface area contributed by atoms with Gasteiger partial charge >= 0.3 is 0 Å². The van der Waals surface area contributed by atoms with E-state index in [-0.39, 0.29) is 12.0 Å². The first-order chi connectivity index (χ1) is 10.0. The van der Waals surface area contributed by atoms with Crippen molar-refractivity contribution in [2.45, 2.75) is 26.4 Å². The number of hydrogen-bond acceptors (Lipinski definition) is 4. The fourth-order valence-corrected chi connectivity index (χ4v) is 1.74. The third-order valence-electron chi connectivity index (χ3n) is 2.92. The molecule has 5 heteroatoms. The SMILES string of the molecule is CC(C)OCCN(C)CCC(=O)Nc1cccc(C#N)c1. The number of carbonyl (C=O) groups excluding carboxylic acids is 1. The standard InChI is InChI=1S/C16H23N3O2/c1-13(2)21-10-9-19(3)8-7-16(20)18-15-6-4-5-14(11-15)12-17/h4-6,11,13H,7-10H2,1-3H3,(H,18,20). The number of anilines is 1. The Labute approximate surface area is 126 Å². The summed E-state index contributed by atoms with van der Waals surface area (Å²) in [5.41, 5.74) is 1.19. The molecule has 0 aliphatic rings. The summed E-state index contributed by atoms with van der Waals surface area (Å²) in [6.45, 7) is 6.15. The Balaban J connectivity index is 2.29. The van der Waals surface area contributed by atoms with Crippen molar-refractivity contribution < 1.29 is 9.53 Å². The molecule has 0 radical (unpaired) electrons. The van der Waals surface area contributed by atoms with Crippen LogP contribution in [0.3, 0.4) is 0 Å². The summed E-state index contributed by atoms with van der Waals surface area (Å²) in [6.07, 6.45) is 0.642. The summed E-state index contributed by atoms with van der Waals surface area (Å²) in [5, 5.41) is 11.6. The van der Waals surface area contributed by atoms with Crippen molar-refractivity contribution in [1.29, 1.82) is 5.26 Å². The first-order valence-electron chi connectivity index (χ1n) is 7.11. The van der Waals surface area contributed by atoms with Gasteiger partial charge in [-0.1, -0.05) is 6.07 Å². The molecule has 0 aliphatic carbocycles. The number of nitrogens with one attached hydrogen (secondary N) is 1. The van der Waals surface area contributed by atoms with Gasteiger partial charge in [0.15, 0.2) is 0 Å². The number of hydrogen-bond donors (Lipinski definition) is 1. The van der Waals surface area contributed by atoms with Crippen LogP contribution in [0.2, 0.25) is 0 Å². The van der Waals surface area contributed by atoms with Gasteiger partial charge in [-0.2, -0.15) is 5.26 Å². The van der Waals surface area contributed by atoms with Crippen LogP contribution in [0.4, 0.5) is 5.69 Å². The Bertz CT molecular complexity index is 495. The number of nitriles is 1. The number of ether oxygens (including phenoxy) is 1. The van der Waals surface area contributed by atoms with Crippen LogP contribution >= 0.6 is 0 Å². The van der Waals surface area contributed by atoms with Crippen LogP contribution in [-0.2, 0) is 9.53 Å². The van der Waals surface area contributed by atoms with Crippen LogP contribution < -0.4 is 5.32 Å². The van der Waals surface area contributed by atoms with E-state index in [2.05, 4.69) is 10.2 Å². The van der Waals surface area contributed by atoms with Gasteiger partial charge in [0.2, 0.25) is 5.91 Å². The lowest BCUT2D eigenvalue weighted by Crippen LogP contribution is -2.28. The van der Waals surface area contributed by atoms with E-state index in [4.69, 9.17) is 10.00 Å². The maximum absolute atomic E-state index is 11.8. The first-order valence-corrected chi connectivity index (χ1v) is 7.11. The van der Waals surface area contributed by atoms with E-state index in [1.807, 2.05) is 27.0 Å². The summed E-state index contributed by atoms with van der Waals surface area (Å²) >= 11 is 0. The van der Waals surface area contributed by atoms with Gasteiger partial charge in [-0.15, -0.1) is 0 Å². The molecule has 0 unspecified atom stereocenters. The highest BCUT2D eigenvalue weighted by Crippen LogP contribution is 2.10. The maximum Gasteiger partial charge on any atom is 0.225 e. The third kappa shape index (κ3) is 7.45. The van der Waals surface area contributed by atoms with Crippen molar-refractivity contribution >= 4 is 11.6 Å². The van der Waals surface area contributed by atoms with Gasteiger partial charge in [-0.3, -0.25) is 4.79 Å². The summed E-state index contributed by atoms with van der Waals surface area (Å²) in [7, 11) is 1.97. The van der Waals surface area contributed by atoms with E-state index in [0.717, 1.165) is 6.54 Å². The second kappa shape index (κ2) is 9.11. The largest absolute Gasteiger partial charge is 0.377 e. The average molecular weight is 289 g/mol. The number of nitrogens with zero attached hydrogens (tertiary/aromatic N) is 2. The second-order valence-corrected chi connectivity index (χ2v) is 5.21. The van der Waals surface area contributed by atoms with Gasteiger partial charge in [0.25, 0.3) is 0 Å². The van der Waals surface area contributed by atoms with Crippen LogP contribution in [0.15, 0.2) is 24.3 Å². The number of benzene rings is 1. The maximum atomic E-state index is 11.8. The Morgan fingerprint density at radius 2 is 2.19 bits per heavy atom. The molecule has 1 aromatic carbocycles. The third-order valence-corrected chi connectivity index (χ3v) is 2.92. The Morgan fingerprint density at radius 3 is 2.86 bits per heavy atom. The normalized spacial score (nSPS) is 10.7. The van der Waals surface area contributed by atoms with E-state index in [0.29, 0.717) is 30.8 Å². The Hall–Kier alpha value is -1.90. The van der Waals surface area contributed by atoms with Crippen LogP contribution in [0.5, 0.6) is 0 Å². The minimum Gasteiger partial charge on any atom is -0.377 e. The van der Waals surface area contributed by atoms with Gasteiger partial charge in [0, 0.05) is 25.2 Å². The molecule has 0 heterocycles. The molecule has 0 aromatic heterocycles. The smallest absolute Gasteiger partial charge is 0.225 e. The lowest BCUT2D eigenvalue weighted by molar-refractivity contribution is -0.116. The van der Waals surface area contributed by atoms with E-state index < -0.39 is 0 Å². The van der Waals surface area contributed by atoms with Gasteiger partial charge in [-0.05, 0) is 39.1 Å². The molecule has 0 aliphatic heterocycles. The zero-order chi connectivity index (χ0) is 15.7. The lowest BCUT2D eigenvalue weighted by atomic mass is 10.2. The van der Waals surface area contributed by atoms with E-state index in [1.165, 1.54) is 0 Å². The highest BCUT2D eigenvalue weighted by atomic mass is 16.5. The monoisotopic (exact) mass is 289 g/mol. The summed E-state index contributed by atoms with van der Waals surface area (Å²) in [4.78, 5) is 13.9. The molecule has 1 amide bonds. The topological polar surface area (TPSA) is 65.4 Å². The van der Waals surface area contributed by atoms with E-state index in [9.17, 15) is 4.79 Å². The molecule has 0 bridgehead atoms. The molecule has 21 heavy (non-hydrogen) atoms. The molecule has 1 rings (SSSR count). The number of carbonyl (C=O) groups is 1. The molecule has 0 fully saturated rings. The van der Waals surface area contributed by atoms with Crippen molar-refractivity contribution in [1.82, 2.24) is 4.90 Å². The van der Waals surface area contributed by atoms with Crippen LogP contribution in [-0.4, -0.2) is 43.7 Å². The van der Waals surface area contributed by atoms with Crippen molar-refractivity contribution in [2.24, 2.45) is 0 Å². The van der Waals surface area contributed by atoms with Crippen molar-refractivity contribution in [2.75, 3.05) is 32.1 Å². The van der Waals surface area contributed by atoms with Gasteiger partial charge < -0.3 is 15.0 Å². The second-order valence-electron chi connectivity index (χ2n) is 5.21. The number of likely N-dealkylation sites (N-methyl/N-ethyl adjacent to an activating group) is 1. The van der Waals surface area contributed by atoms with Gasteiger partial charge in [-0.25, -0.2) is 0 Å². The summed E-state index contributed by atoms with van der Waals surface area (Å²) < 4.78 is 5.47. The predicted molar refractivity (Wildman–Crippen MR) is 83.0 cm³/mol. The molecule has 0 spiro atoms. The molecule has 0 atom stereocenters. The molecule has 0 saturated heterocycles. The van der Waals surface area contributed by atoms with E-state index in [1.54, 1.807) is 24.3 Å². The minimum atomic E-state index is -0.0540. The Kier molecular flexibility index (Phi) is 7.44. The fourth-order valence-electron chi connectivity index (χ4n) is 1.74. The average Bonchev–Trinajstić information content (AvgIpc) is 2.45. The summed E-state index contributed by atoms with van der Waals surface area (Å²) in [6, 6.07) is 8.95. The lowest BCUT2D eigenvalue weighted by Gasteiger charge is -2.17. The van der Waals surface area contributed by atoms with Crippen molar-refractivity contribution in [3.8, 4) is 6.07 Å². The number of rotatable bonds is 8. The fraction of sp³-hybridized carbons (Fsp3) is 0.500. The van der Waals surface area contributed by atoms with Crippen LogP contribution in [0.25, 0.3) is 0 Å². The zero-order valence-corrected chi connectivity index (χ0v) is 12.9. The van der Waals surface area contributed by atoms with Gasteiger partial charge in [0.05, 0.1) is 24.3 Å². The first kappa shape index (κ1) is 17.2. The van der Waals surface area contributed by atoms with Crippen LogP contribution in [0.1, 0.15) is 25.8 Å². The van der Waals surface area contributed by atoms with Crippen LogP contribution in [0, 0.1) is 11.3 Å². The molecule has 1 aromatic rings. The highest BCUT2D eigenvalue weighted by Gasteiger charge is 2.06. The summed E-state index contributed by atoms with van der Waals surface area (Å²) in [5.74, 6) is -0.0540. The van der Waals surface area contributed by atoms with Crippen molar-refractivity contribution in [3.63, 3.8) is 0 Å². The quantitative estimate of drug-likeness (QED) is 0.797. The van der Waals surface area contributed by atoms with Gasteiger partial charge in [0.1, 0.15) is 0 Å². The molecule has 5 nitrogen and oxygen atoms in total. The predicted octanol–water partition coefficient (Wildman–Crippen LogP) is 2.24. The minimum absolute atomic E-state index is 0.0540. The van der Waals surface area contributed by atoms with E-state index >= 15 is 0 Å². The molecule has 114 valence electrons. The molecule has 0 saturated carbocycles. The van der Waals surface area contributed by atoms with Crippen molar-refractivity contribution in [3.05, 3.63) is 29.8 Å². The number of amides is 1. The molecular weight excluding hydrogens is 266 g/mol. The zero-order valence-electron chi connectivity index (χ0n) is 12.9.